The summed E-state index contributed by atoms with van der Waals surface area (Å²) in [6.07, 6.45) is -0.863. The third-order valence-corrected chi connectivity index (χ3v) is 6.74. The number of halogens is 3. The molecule has 170 valence electrons. The largest absolute Gasteiger partial charge is 0.416 e. The highest BCUT2D eigenvalue weighted by Gasteiger charge is 2.38. The van der Waals surface area contributed by atoms with E-state index in [9.17, 15) is 22.8 Å². The summed E-state index contributed by atoms with van der Waals surface area (Å²) in [5.74, 6) is -0.421. The van der Waals surface area contributed by atoms with Gasteiger partial charge in [-0.05, 0) is 78.5 Å². The highest BCUT2D eigenvalue weighted by molar-refractivity contribution is 6.10. The molecular weight excluding hydrogens is 417 g/mol. The Balaban J connectivity index is 1.56. The van der Waals surface area contributed by atoms with Crippen LogP contribution in [0.1, 0.15) is 54.7 Å². The van der Waals surface area contributed by atoms with E-state index < -0.39 is 17.7 Å². The zero-order valence-corrected chi connectivity index (χ0v) is 18.1. The van der Waals surface area contributed by atoms with Gasteiger partial charge in [0.1, 0.15) is 17.5 Å². The van der Waals surface area contributed by atoms with Gasteiger partial charge in [0.2, 0.25) is 0 Å². The van der Waals surface area contributed by atoms with E-state index in [-0.39, 0.29) is 17.5 Å². The minimum atomic E-state index is -4.43. The second-order valence-electron chi connectivity index (χ2n) is 9.08. The van der Waals surface area contributed by atoms with Crippen LogP contribution in [0.2, 0.25) is 0 Å². The van der Waals surface area contributed by atoms with Crippen molar-refractivity contribution in [2.45, 2.75) is 51.1 Å². The van der Waals surface area contributed by atoms with Crippen molar-refractivity contribution in [2.75, 3.05) is 13.2 Å². The molecule has 1 saturated heterocycles. The first-order valence-corrected chi connectivity index (χ1v) is 11.1. The second kappa shape index (κ2) is 9.18. The number of hydrogen-bond acceptors (Lipinski definition) is 3. The maximum Gasteiger partial charge on any atom is 0.416 e. The first-order valence-electron chi connectivity index (χ1n) is 11.1. The second-order valence-corrected chi connectivity index (χ2v) is 9.08. The summed E-state index contributed by atoms with van der Waals surface area (Å²) >= 11 is 0. The Kier molecular flexibility index (Phi) is 6.52. The standard InChI is InChI=1S/C26H27F3O3/c1-16-5-6-20(19-3-2-4-21(14-19)26(27,28)29)15-22(16)25-23(30)12-18(13-24(25)31)11-17-7-9-32-10-8-17/h2-6,14-15,17-18,25H,7-13H2,1H3. The summed E-state index contributed by atoms with van der Waals surface area (Å²) < 4.78 is 44.8. The number of hydrogen-bond donors (Lipinski definition) is 0. The molecule has 6 heteroatoms. The van der Waals surface area contributed by atoms with Gasteiger partial charge in [-0.2, -0.15) is 13.2 Å². The minimum absolute atomic E-state index is 0.0707. The van der Waals surface area contributed by atoms with Crippen LogP contribution in [0.3, 0.4) is 0 Å². The van der Waals surface area contributed by atoms with Crippen LogP contribution in [0.4, 0.5) is 13.2 Å². The summed E-state index contributed by atoms with van der Waals surface area (Å²) in [5, 5.41) is 0. The molecule has 0 spiro atoms. The number of aryl methyl sites for hydroxylation is 1. The van der Waals surface area contributed by atoms with E-state index in [4.69, 9.17) is 4.74 Å². The van der Waals surface area contributed by atoms with Crippen molar-refractivity contribution in [1.29, 1.82) is 0 Å². The molecule has 3 nitrogen and oxygen atoms in total. The van der Waals surface area contributed by atoms with Gasteiger partial charge in [-0.1, -0.05) is 24.3 Å². The van der Waals surface area contributed by atoms with Crippen molar-refractivity contribution in [1.82, 2.24) is 0 Å². The van der Waals surface area contributed by atoms with Crippen LogP contribution in [-0.2, 0) is 20.5 Å². The molecule has 0 radical (unpaired) electrons. The lowest BCUT2D eigenvalue weighted by molar-refractivity contribution is -0.137. The number of carbonyl (C=O) groups is 2. The van der Waals surface area contributed by atoms with Crippen LogP contribution >= 0.6 is 0 Å². The third-order valence-electron chi connectivity index (χ3n) is 6.74. The predicted molar refractivity (Wildman–Crippen MR) is 115 cm³/mol. The summed E-state index contributed by atoms with van der Waals surface area (Å²) in [7, 11) is 0. The molecule has 0 amide bonds. The molecule has 4 rings (SSSR count). The number of ketones is 2. The Morgan fingerprint density at radius 1 is 0.906 bits per heavy atom. The third kappa shape index (κ3) is 4.96. The monoisotopic (exact) mass is 444 g/mol. The smallest absolute Gasteiger partial charge is 0.381 e. The molecule has 32 heavy (non-hydrogen) atoms. The molecule has 2 aromatic rings. The Morgan fingerprint density at radius 3 is 2.22 bits per heavy atom. The number of alkyl halides is 3. The fourth-order valence-electron chi connectivity index (χ4n) is 5.03. The summed E-state index contributed by atoms with van der Waals surface area (Å²) in [4.78, 5) is 26.1. The van der Waals surface area contributed by atoms with E-state index >= 15 is 0 Å². The number of carbonyl (C=O) groups excluding carboxylic acids is 2. The number of Topliss-reactive ketones (excluding diaryl/α,β-unsaturated/α-hetero) is 2. The van der Waals surface area contributed by atoms with Gasteiger partial charge >= 0.3 is 6.18 Å². The normalized spacial score (nSPS) is 22.9. The summed E-state index contributed by atoms with van der Waals surface area (Å²) in [6.45, 7) is 3.31. The van der Waals surface area contributed by atoms with E-state index in [0.29, 0.717) is 35.4 Å². The molecule has 0 N–H and O–H groups in total. The average Bonchev–Trinajstić information content (AvgIpc) is 2.75. The maximum absolute atomic E-state index is 13.1. The lowest BCUT2D eigenvalue weighted by Gasteiger charge is -2.31. The van der Waals surface area contributed by atoms with Crippen LogP contribution < -0.4 is 0 Å². The van der Waals surface area contributed by atoms with E-state index in [1.165, 1.54) is 6.07 Å². The average molecular weight is 444 g/mol. The molecule has 1 saturated carbocycles. The molecule has 0 unspecified atom stereocenters. The number of benzene rings is 2. The Labute approximate surface area is 186 Å². The molecule has 0 bridgehead atoms. The lowest BCUT2D eigenvalue weighted by atomic mass is 9.72. The van der Waals surface area contributed by atoms with E-state index in [1.807, 2.05) is 6.92 Å². The molecule has 2 aromatic carbocycles. The van der Waals surface area contributed by atoms with Gasteiger partial charge in [0.05, 0.1) is 5.56 Å². The van der Waals surface area contributed by atoms with E-state index in [2.05, 4.69) is 0 Å². The van der Waals surface area contributed by atoms with Crippen LogP contribution in [0.15, 0.2) is 42.5 Å². The van der Waals surface area contributed by atoms with Crippen molar-refractivity contribution in [2.24, 2.45) is 11.8 Å². The van der Waals surface area contributed by atoms with Gasteiger partial charge in [-0.15, -0.1) is 0 Å². The van der Waals surface area contributed by atoms with Gasteiger partial charge in [-0.25, -0.2) is 0 Å². The molecular formula is C26H27F3O3. The molecule has 0 aromatic heterocycles. The first-order chi connectivity index (χ1) is 15.2. The van der Waals surface area contributed by atoms with Crippen molar-refractivity contribution in [3.63, 3.8) is 0 Å². The molecule has 1 heterocycles. The summed E-state index contributed by atoms with van der Waals surface area (Å²) in [5.41, 5.74) is 1.67. The quantitative estimate of drug-likeness (QED) is 0.533. The van der Waals surface area contributed by atoms with E-state index in [1.54, 1.807) is 24.3 Å². The van der Waals surface area contributed by atoms with Crippen molar-refractivity contribution < 1.29 is 27.5 Å². The Morgan fingerprint density at radius 2 is 1.56 bits per heavy atom. The van der Waals surface area contributed by atoms with E-state index in [0.717, 1.165) is 50.2 Å². The van der Waals surface area contributed by atoms with Crippen LogP contribution in [-0.4, -0.2) is 24.8 Å². The predicted octanol–water partition coefficient (Wildman–Crippen LogP) is 6.13. The van der Waals surface area contributed by atoms with Gasteiger partial charge in [0.15, 0.2) is 0 Å². The Hall–Kier alpha value is -2.47. The van der Waals surface area contributed by atoms with Crippen LogP contribution in [0, 0.1) is 18.8 Å². The van der Waals surface area contributed by atoms with Gasteiger partial charge in [0, 0.05) is 26.1 Å². The number of rotatable bonds is 4. The first kappa shape index (κ1) is 22.7. The SMILES string of the molecule is Cc1ccc(-c2cccc(C(F)(F)F)c2)cc1C1C(=O)CC(CC2CCOCC2)CC1=O. The zero-order chi connectivity index (χ0) is 22.9. The molecule has 0 atom stereocenters. The highest BCUT2D eigenvalue weighted by Crippen LogP contribution is 2.38. The van der Waals surface area contributed by atoms with Gasteiger partial charge < -0.3 is 4.74 Å². The van der Waals surface area contributed by atoms with Gasteiger partial charge in [0.25, 0.3) is 0 Å². The minimum Gasteiger partial charge on any atom is -0.381 e. The summed E-state index contributed by atoms with van der Waals surface area (Å²) in [6, 6.07) is 10.3. The lowest BCUT2D eigenvalue weighted by Crippen LogP contribution is -2.33. The van der Waals surface area contributed by atoms with Crippen LogP contribution in [0.25, 0.3) is 11.1 Å². The zero-order valence-electron chi connectivity index (χ0n) is 18.1. The Bertz CT molecular complexity index is 988. The van der Waals surface area contributed by atoms with Crippen molar-refractivity contribution >= 4 is 11.6 Å². The van der Waals surface area contributed by atoms with Crippen molar-refractivity contribution in [3.8, 4) is 11.1 Å². The highest BCUT2D eigenvalue weighted by atomic mass is 19.4. The van der Waals surface area contributed by atoms with Gasteiger partial charge in [-0.3, -0.25) is 9.59 Å². The fourth-order valence-corrected chi connectivity index (χ4v) is 5.03. The molecule has 2 fully saturated rings. The molecule has 1 aliphatic heterocycles. The van der Waals surface area contributed by atoms with Crippen LogP contribution in [0.5, 0.6) is 0 Å². The molecule has 2 aliphatic rings. The fraction of sp³-hybridized carbons (Fsp3) is 0.462. The molecule has 1 aliphatic carbocycles. The topological polar surface area (TPSA) is 43.4 Å². The maximum atomic E-state index is 13.1. The number of ether oxygens (including phenoxy) is 1. The van der Waals surface area contributed by atoms with Crippen molar-refractivity contribution in [3.05, 3.63) is 59.2 Å².